The van der Waals surface area contributed by atoms with E-state index in [-0.39, 0.29) is 24.6 Å². The molecule has 0 aromatic heterocycles. The van der Waals surface area contributed by atoms with Gasteiger partial charge in [0.15, 0.2) is 18.9 Å². The molecule has 1 unspecified atom stereocenters. The maximum Gasteiger partial charge on any atom is 0.190 e. The molecule has 0 aromatic rings. The van der Waals surface area contributed by atoms with Gasteiger partial charge >= 0.3 is 0 Å². The van der Waals surface area contributed by atoms with Crippen molar-refractivity contribution in [1.82, 2.24) is 5.32 Å². The smallest absolute Gasteiger partial charge is 0.190 e. The van der Waals surface area contributed by atoms with Gasteiger partial charge in [-0.25, -0.2) is 0 Å². The second-order valence-electron chi connectivity index (χ2n) is 12.0. The number of hydrogen-bond acceptors (Lipinski definition) is 5. The third-order valence-corrected chi connectivity index (χ3v) is 73.7. The molecule has 4 atom stereocenters. The predicted octanol–water partition coefficient (Wildman–Crippen LogP) is 4.05. The minimum absolute atomic E-state index is 0.0121. The normalized spacial score (nSPS) is 31.3. The standard InChI is InChI=1S/C19H45NO4Si4/c1-13-20-14-15-16(17-18(21-15)23-19(2,3)22-17)24-28(25(4,5)6,26(7,8)9)27(10,11)12/h15-18,20H,13-14H2,1-12H3/t15?,16-,17+,18+/m0/s1. The topological polar surface area (TPSA) is 49.0 Å². The largest absolute Gasteiger partial charge is 0.417 e. The fourth-order valence-corrected chi connectivity index (χ4v) is 100. The first-order valence-corrected chi connectivity index (χ1v) is 26.3. The van der Waals surface area contributed by atoms with Gasteiger partial charge in [0.25, 0.3) is 0 Å². The lowest BCUT2D eigenvalue weighted by Gasteiger charge is -2.57. The lowest BCUT2D eigenvalue weighted by atomic mass is 10.1. The molecule has 2 heterocycles. The van der Waals surface area contributed by atoms with Gasteiger partial charge in [-0.2, -0.15) is 0 Å². The lowest BCUT2D eigenvalue weighted by molar-refractivity contribution is -0.212. The molecule has 2 rings (SSSR count). The van der Waals surface area contributed by atoms with Crippen LogP contribution in [0.3, 0.4) is 0 Å². The molecule has 0 spiro atoms. The minimum atomic E-state index is -1.98. The summed E-state index contributed by atoms with van der Waals surface area (Å²) in [6.45, 7) is 28.8. The Morgan fingerprint density at radius 3 is 1.79 bits per heavy atom. The fourth-order valence-electron chi connectivity index (χ4n) is 6.25. The van der Waals surface area contributed by atoms with Crippen molar-refractivity contribution < 1.29 is 18.6 Å². The fraction of sp³-hybridized carbons (Fsp3) is 1.00. The molecule has 0 saturated carbocycles. The second-order valence-corrected chi connectivity index (χ2v) is 51.4. The Labute approximate surface area is 176 Å². The molecule has 1 N–H and O–H groups in total. The average Bonchev–Trinajstić information content (AvgIpc) is 2.90. The molecule has 5 nitrogen and oxygen atoms in total. The van der Waals surface area contributed by atoms with Crippen LogP contribution >= 0.6 is 0 Å². The third-order valence-electron chi connectivity index (χ3n) is 6.16. The molecule has 0 aromatic carbocycles. The van der Waals surface area contributed by atoms with Crippen molar-refractivity contribution in [3.05, 3.63) is 0 Å². The highest BCUT2D eigenvalue weighted by Gasteiger charge is 2.67. The number of ether oxygens (including phenoxy) is 3. The maximum atomic E-state index is 7.56. The second kappa shape index (κ2) is 7.98. The van der Waals surface area contributed by atoms with Crippen molar-refractivity contribution in [3.8, 4) is 0 Å². The van der Waals surface area contributed by atoms with E-state index in [0.29, 0.717) is 0 Å². The van der Waals surface area contributed by atoms with E-state index in [0.717, 1.165) is 13.1 Å². The molecular weight excluding hydrogens is 419 g/mol. The van der Waals surface area contributed by atoms with Gasteiger partial charge in [-0.05, 0) is 20.4 Å². The first-order valence-electron chi connectivity index (χ1n) is 10.9. The van der Waals surface area contributed by atoms with E-state index in [1.165, 1.54) is 0 Å². The summed E-state index contributed by atoms with van der Waals surface area (Å²) in [7, 11) is -4.64. The molecular formula is C19H45NO4Si4. The zero-order valence-corrected chi connectivity index (χ0v) is 24.4. The Kier molecular flexibility index (Phi) is 7.10. The summed E-state index contributed by atoms with van der Waals surface area (Å²) >= 11 is 0. The number of likely N-dealkylation sites (N-methyl/N-ethyl adjacent to an activating group) is 1. The molecule has 28 heavy (non-hydrogen) atoms. The zero-order chi connectivity index (χ0) is 21.8. The summed E-state index contributed by atoms with van der Waals surface area (Å²) in [6, 6.07) is 0. The average molecular weight is 464 g/mol. The van der Waals surface area contributed by atoms with Gasteiger partial charge in [0.2, 0.25) is 0 Å². The Bertz CT molecular complexity index is 518. The molecule has 9 heteroatoms. The number of rotatable bonds is 8. The molecule has 2 aliphatic heterocycles. The van der Waals surface area contributed by atoms with Crippen LogP contribution in [0.25, 0.3) is 0 Å². The summed E-state index contributed by atoms with van der Waals surface area (Å²) in [5.74, 6) is -0.609. The van der Waals surface area contributed by atoms with Crippen LogP contribution in [-0.4, -0.2) is 73.1 Å². The highest BCUT2D eigenvalue weighted by molar-refractivity contribution is 7.87. The molecule has 2 saturated heterocycles. The van der Waals surface area contributed by atoms with E-state index >= 15 is 0 Å². The summed E-state index contributed by atoms with van der Waals surface area (Å²) in [5, 5.41) is 3.47. The van der Waals surface area contributed by atoms with Gasteiger partial charge in [-0.1, -0.05) is 65.8 Å². The highest BCUT2D eigenvalue weighted by Crippen LogP contribution is 2.44. The van der Waals surface area contributed by atoms with Crippen LogP contribution in [-0.2, 0) is 18.6 Å². The Balaban J connectivity index is 2.49. The van der Waals surface area contributed by atoms with Gasteiger partial charge in [-0.3, -0.25) is 0 Å². The van der Waals surface area contributed by atoms with E-state index < -0.39 is 35.4 Å². The van der Waals surface area contributed by atoms with E-state index in [1.807, 2.05) is 13.8 Å². The lowest BCUT2D eigenvalue weighted by Crippen LogP contribution is -2.85. The maximum absolute atomic E-state index is 7.56. The predicted molar refractivity (Wildman–Crippen MR) is 128 cm³/mol. The molecule has 0 amide bonds. The van der Waals surface area contributed by atoms with Crippen molar-refractivity contribution in [2.24, 2.45) is 0 Å². The quantitative estimate of drug-likeness (QED) is 0.550. The van der Waals surface area contributed by atoms with Crippen LogP contribution in [0.2, 0.25) is 58.9 Å². The Morgan fingerprint density at radius 1 is 0.857 bits per heavy atom. The summed E-state index contributed by atoms with van der Waals surface area (Å²) in [6.07, 6.45) is -0.500. The van der Waals surface area contributed by atoms with Crippen molar-refractivity contribution in [2.45, 2.75) is 110 Å². The molecule has 2 aliphatic rings. The van der Waals surface area contributed by atoms with E-state index in [4.69, 9.17) is 18.6 Å². The van der Waals surface area contributed by atoms with Crippen LogP contribution in [0, 0.1) is 0 Å². The zero-order valence-electron chi connectivity index (χ0n) is 20.4. The van der Waals surface area contributed by atoms with Crippen LogP contribution in [0.5, 0.6) is 0 Å². The minimum Gasteiger partial charge on any atom is -0.417 e. The highest BCUT2D eigenvalue weighted by atomic mass is 29.9. The molecule has 166 valence electrons. The van der Waals surface area contributed by atoms with Crippen molar-refractivity contribution >= 4 is 29.6 Å². The van der Waals surface area contributed by atoms with Crippen molar-refractivity contribution in [2.75, 3.05) is 13.1 Å². The van der Waals surface area contributed by atoms with Crippen LogP contribution in [0.4, 0.5) is 0 Å². The summed E-state index contributed by atoms with van der Waals surface area (Å²) < 4.78 is 26.3. The van der Waals surface area contributed by atoms with Crippen molar-refractivity contribution in [3.63, 3.8) is 0 Å². The van der Waals surface area contributed by atoms with E-state index in [1.54, 1.807) is 0 Å². The third kappa shape index (κ3) is 4.47. The first-order chi connectivity index (χ1) is 12.5. The van der Waals surface area contributed by atoms with E-state index in [2.05, 4.69) is 71.2 Å². The Hall–Kier alpha value is 0.668. The van der Waals surface area contributed by atoms with Gasteiger partial charge in [0, 0.05) is 6.54 Å². The SMILES string of the molecule is CCNCC1O[C@@H]2OC(C)(C)O[C@@H]2[C@H]1O[Si]([Si](C)(C)C)([Si](C)(C)C)[Si](C)(C)C. The molecule has 0 radical (unpaired) electrons. The van der Waals surface area contributed by atoms with Gasteiger partial charge in [0.05, 0.1) is 22.8 Å². The number of nitrogens with one attached hydrogen (secondary N) is 1. The van der Waals surface area contributed by atoms with Crippen LogP contribution < -0.4 is 5.32 Å². The van der Waals surface area contributed by atoms with Gasteiger partial charge in [0.1, 0.15) is 18.3 Å². The van der Waals surface area contributed by atoms with Crippen LogP contribution in [0.1, 0.15) is 20.8 Å². The molecule has 2 fully saturated rings. The summed E-state index contributed by atoms with van der Waals surface area (Å²) in [5.41, 5.74) is 0. The molecule has 0 bridgehead atoms. The first kappa shape index (κ1) is 24.9. The number of hydrogen-bond donors (Lipinski definition) is 1. The van der Waals surface area contributed by atoms with Crippen molar-refractivity contribution in [1.29, 1.82) is 0 Å². The monoisotopic (exact) mass is 463 g/mol. The van der Waals surface area contributed by atoms with E-state index in [9.17, 15) is 0 Å². The Morgan fingerprint density at radius 2 is 1.36 bits per heavy atom. The summed E-state index contributed by atoms with van der Waals surface area (Å²) in [4.78, 5) is 0. The molecule has 0 aliphatic carbocycles. The van der Waals surface area contributed by atoms with Gasteiger partial charge in [-0.15, -0.1) is 0 Å². The van der Waals surface area contributed by atoms with Crippen LogP contribution in [0.15, 0.2) is 0 Å². The van der Waals surface area contributed by atoms with Gasteiger partial charge < -0.3 is 24.0 Å². The number of fused-ring (bicyclic) bond motifs is 1.